The molecule has 1 saturated carbocycles. The van der Waals surface area contributed by atoms with Gasteiger partial charge in [-0.25, -0.2) is 9.18 Å². The summed E-state index contributed by atoms with van der Waals surface area (Å²) in [7, 11) is 0. The maximum absolute atomic E-state index is 13.3. The molecule has 2 heterocycles. The number of nitrogens with zero attached hydrogens (tertiary/aromatic N) is 2. The predicted octanol–water partition coefficient (Wildman–Crippen LogP) is 3.11. The van der Waals surface area contributed by atoms with Crippen LogP contribution in [-0.2, 0) is 9.53 Å². The van der Waals surface area contributed by atoms with E-state index >= 15 is 0 Å². The Balaban J connectivity index is 1.91. The average molecular weight is 401 g/mol. The first-order valence-electron chi connectivity index (χ1n) is 8.78. The molecule has 0 bridgehead atoms. The minimum atomic E-state index is -0.679. The number of carbonyl (C=O) groups excluding carboxylic acids is 2. The molecule has 3 aromatic rings. The maximum Gasteiger partial charge on any atom is 0.359 e. The highest BCUT2D eigenvalue weighted by molar-refractivity contribution is 7.16. The van der Waals surface area contributed by atoms with Crippen molar-refractivity contribution in [1.82, 2.24) is 9.78 Å². The molecule has 0 radical (unpaired) electrons. The van der Waals surface area contributed by atoms with Gasteiger partial charge in [0, 0.05) is 16.7 Å². The van der Waals surface area contributed by atoms with Gasteiger partial charge >= 0.3 is 5.97 Å². The van der Waals surface area contributed by atoms with Crippen molar-refractivity contribution in [3.63, 3.8) is 0 Å². The van der Waals surface area contributed by atoms with Crippen LogP contribution in [0.4, 0.5) is 9.39 Å². The van der Waals surface area contributed by atoms with Crippen LogP contribution in [0, 0.1) is 11.7 Å². The fraction of sp³-hybridized carbons (Fsp3) is 0.263. The molecular weight excluding hydrogens is 385 g/mol. The number of nitrogens with one attached hydrogen (secondary N) is 1. The summed E-state index contributed by atoms with van der Waals surface area (Å²) in [5.74, 6) is -1.33. The average Bonchev–Trinajstić information content (AvgIpc) is 3.45. The predicted molar refractivity (Wildman–Crippen MR) is 102 cm³/mol. The van der Waals surface area contributed by atoms with Crippen LogP contribution in [0.15, 0.2) is 34.4 Å². The van der Waals surface area contributed by atoms with Gasteiger partial charge in [-0.05, 0) is 44.0 Å². The first kappa shape index (κ1) is 18.3. The third kappa shape index (κ3) is 3.29. The molecule has 1 aromatic carbocycles. The van der Waals surface area contributed by atoms with Crippen molar-refractivity contribution in [2.75, 3.05) is 11.9 Å². The number of rotatable bonds is 5. The van der Waals surface area contributed by atoms with Crippen LogP contribution < -0.4 is 10.9 Å². The van der Waals surface area contributed by atoms with Crippen LogP contribution in [0.25, 0.3) is 16.5 Å². The van der Waals surface area contributed by atoms with E-state index in [1.54, 1.807) is 12.3 Å². The summed E-state index contributed by atoms with van der Waals surface area (Å²) in [6, 6.07) is 5.17. The van der Waals surface area contributed by atoms with Gasteiger partial charge in [-0.1, -0.05) is 0 Å². The summed E-state index contributed by atoms with van der Waals surface area (Å²) >= 11 is 1.15. The van der Waals surface area contributed by atoms with Gasteiger partial charge in [-0.15, -0.1) is 11.3 Å². The summed E-state index contributed by atoms with van der Waals surface area (Å²) in [4.78, 5) is 37.7. The zero-order valence-corrected chi connectivity index (χ0v) is 15.7. The number of halogens is 1. The zero-order chi connectivity index (χ0) is 19.8. The molecule has 2 aromatic heterocycles. The highest BCUT2D eigenvalue weighted by Crippen LogP contribution is 2.34. The molecule has 0 unspecified atom stereocenters. The number of fused-ring (bicyclic) bond motifs is 1. The Morgan fingerprint density at radius 1 is 1.32 bits per heavy atom. The molecule has 0 spiro atoms. The number of hydrogen-bond acceptors (Lipinski definition) is 6. The third-order valence-electron chi connectivity index (χ3n) is 4.38. The molecule has 7 nitrogen and oxygen atoms in total. The van der Waals surface area contributed by atoms with E-state index in [2.05, 4.69) is 10.4 Å². The highest BCUT2D eigenvalue weighted by atomic mass is 32.1. The Morgan fingerprint density at radius 3 is 2.68 bits per heavy atom. The molecule has 1 N–H and O–H groups in total. The van der Waals surface area contributed by atoms with E-state index in [1.165, 1.54) is 24.3 Å². The lowest BCUT2D eigenvalue weighted by Gasteiger charge is -2.10. The highest BCUT2D eigenvalue weighted by Gasteiger charge is 2.31. The fourth-order valence-corrected chi connectivity index (χ4v) is 3.75. The minimum Gasteiger partial charge on any atom is -0.461 e. The molecule has 0 saturated heterocycles. The lowest BCUT2D eigenvalue weighted by Crippen LogP contribution is -2.25. The van der Waals surface area contributed by atoms with Crippen molar-refractivity contribution in [1.29, 1.82) is 0 Å². The van der Waals surface area contributed by atoms with Gasteiger partial charge < -0.3 is 10.1 Å². The largest absolute Gasteiger partial charge is 0.461 e. The number of aromatic nitrogens is 2. The smallest absolute Gasteiger partial charge is 0.359 e. The standard InChI is InChI=1S/C19H16FN3O4S/c1-2-27-19(26)15-13-9-28-17(21-16(24)10-3-4-10)14(13)18(25)23(22-15)12-7-5-11(20)6-8-12/h5-10H,2-4H2,1H3,(H,21,24). The van der Waals surface area contributed by atoms with Crippen molar-refractivity contribution in [3.8, 4) is 5.69 Å². The normalized spacial score (nSPS) is 13.5. The topological polar surface area (TPSA) is 90.3 Å². The van der Waals surface area contributed by atoms with Crippen molar-refractivity contribution in [3.05, 3.63) is 51.5 Å². The molecule has 0 atom stereocenters. The summed E-state index contributed by atoms with van der Waals surface area (Å²) in [6.45, 7) is 1.81. The monoisotopic (exact) mass is 401 g/mol. The first-order valence-corrected chi connectivity index (χ1v) is 9.66. The lowest BCUT2D eigenvalue weighted by atomic mass is 10.2. The fourth-order valence-electron chi connectivity index (χ4n) is 2.81. The number of amides is 1. The van der Waals surface area contributed by atoms with Crippen LogP contribution >= 0.6 is 11.3 Å². The quantitative estimate of drug-likeness (QED) is 0.664. The molecular formula is C19H16FN3O4S. The van der Waals surface area contributed by atoms with Crippen LogP contribution in [0.1, 0.15) is 30.3 Å². The molecule has 9 heteroatoms. The molecule has 1 fully saturated rings. The Labute approximate surface area is 162 Å². The van der Waals surface area contributed by atoms with E-state index in [-0.39, 0.29) is 29.5 Å². The molecule has 4 rings (SSSR count). The Hall–Kier alpha value is -3.07. The van der Waals surface area contributed by atoms with Gasteiger partial charge in [0.2, 0.25) is 5.91 Å². The van der Waals surface area contributed by atoms with Crippen molar-refractivity contribution in [2.24, 2.45) is 5.92 Å². The van der Waals surface area contributed by atoms with E-state index in [0.717, 1.165) is 28.9 Å². The number of ether oxygens (including phenoxy) is 1. The number of benzene rings is 1. The Kier molecular flexibility index (Phi) is 4.68. The maximum atomic E-state index is 13.3. The Bertz CT molecular complexity index is 1130. The van der Waals surface area contributed by atoms with E-state index in [9.17, 15) is 18.8 Å². The van der Waals surface area contributed by atoms with E-state index in [1.807, 2.05) is 0 Å². The number of thiophene rings is 1. The van der Waals surface area contributed by atoms with Crippen molar-refractivity contribution in [2.45, 2.75) is 19.8 Å². The third-order valence-corrected chi connectivity index (χ3v) is 5.27. The first-order chi connectivity index (χ1) is 13.5. The van der Waals surface area contributed by atoms with Gasteiger partial charge in [0.05, 0.1) is 17.7 Å². The number of esters is 1. The second-order valence-corrected chi connectivity index (χ2v) is 7.26. The second-order valence-electron chi connectivity index (χ2n) is 6.38. The van der Waals surface area contributed by atoms with Crippen molar-refractivity contribution < 1.29 is 18.7 Å². The summed E-state index contributed by atoms with van der Waals surface area (Å²) in [5, 5.41) is 9.41. The van der Waals surface area contributed by atoms with Gasteiger partial charge in [0.25, 0.3) is 5.56 Å². The second kappa shape index (κ2) is 7.16. The number of carbonyl (C=O) groups is 2. The van der Waals surface area contributed by atoms with E-state index in [4.69, 9.17) is 4.74 Å². The van der Waals surface area contributed by atoms with E-state index < -0.39 is 17.3 Å². The van der Waals surface area contributed by atoms with Crippen LogP contribution in [0.5, 0.6) is 0 Å². The molecule has 144 valence electrons. The SMILES string of the molecule is CCOC(=O)c1nn(-c2ccc(F)cc2)c(=O)c2c(NC(=O)C3CC3)scc12. The summed E-state index contributed by atoms with van der Waals surface area (Å²) in [5.41, 5.74) is -0.254. The zero-order valence-electron chi connectivity index (χ0n) is 14.9. The van der Waals surface area contributed by atoms with Gasteiger partial charge in [-0.2, -0.15) is 9.78 Å². The summed E-state index contributed by atoms with van der Waals surface area (Å²) < 4.78 is 19.4. The van der Waals surface area contributed by atoms with Crippen LogP contribution in [0.2, 0.25) is 0 Å². The molecule has 1 aliphatic carbocycles. The van der Waals surface area contributed by atoms with Crippen LogP contribution in [-0.4, -0.2) is 28.3 Å². The van der Waals surface area contributed by atoms with E-state index in [0.29, 0.717) is 16.1 Å². The van der Waals surface area contributed by atoms with Crippen LogP contribution in [0.3, 0.4) is 0 Å². The molecule has 28 heavy (non-hydrogen) atoms. The molecule has 0 aliphatic heterocycles. The van der Waals surface area contributed by atoms with Gasteiger partial charge in [0.15, 0.2) is 5.69 Å². The lowest BCUT2D eigenvalue weighted by molar-refractivity contribution is -0.117. The van der Waals surface area contributed by atoms with Gasteiger partial charge in [-0.3, -0.25) is 9.59 Å². The number of hydrogen-bond donors (Lipinski definition) is 1. The Morgan fingerprint density at radius 2 is 2.04 bits per heavy atom. The van der Waals surface area contributed by atoms with Gasteiger partial charge in [0.1, 0.15) is 10.8 Å². The molecule has 1 aliphatic rings. The summed E-state index contributed by atoms with van der Waals surface area (Å²) in [6.07, 6.45) is 1.65. The number of anilines is 1. The molecule has 1 amide bonds. The van der Waals surface area contributed by atoms with Crippen molar-refractivity contribution >= 4 is 39.0 Å². The minimum absolute atomic E-state index is 0.0380.